The Morgan fingerprint density at radius 2 is 1.29 bits per heavy atom. The van der Waals surface area contributed by atoms with Crippen LogP contribution in [0, 0.1) is 6.92 Å². The third-order valence-electron chi connectivity index (χ3n) is 4.71. The molecule has 1 saturated heterocycles. The molecule has 2 atom stereocenters. The third-order valence-corrected chi connectivity index (χ3v) is 4.71. The second-order valence-corrected chi connectivity index (χ2v) is 6.29. The first-order chi connectivity index (χ1) is 11.8. The van der Waals surface area contributed by atoms with Gasteiger partial charge in [-0.1, -0.05) is 78.4 Å². The lowest BCUT2D eigenvalue weighted by Gasteiger charge is -2.47. The lowest BCUT2D eigenvalue weighted by Crippen LogP contribution is -2.53. The summed E-state index contributed by atoms with van der Waals surface area (Å²) in [6.07, 6.45) is 0. The van der Waals surface area contributed by atoms with Crippen molar-refractivity contribution in [3.8, 4) is 0 Å². The predicted octanol–water partition coefficient (Wildman–Crippen LogP) is 4.87. The van der Waals surface area contributed by atoms with Gasteiger partial charge >= 0.3 is 0 Å². The van der Waals surface area contributed by atoms with Gasteiger partial charge in [0.05, 0.1) is 12.0 Å². The molecule has 1 amide bonds. The van der Waals surface area contributed by atoms with Crippen molar-refractivity contribution in [1.29, 1.82) is 0 Å². The van der Waals surface area contributed by atoms with Crippen LogP contribution < -0.4 is 4.90 Å². The molecule has 0 aromatic heterocycles. The summed E-state index contributed by atoms with van der Waals surface area (Å²) < 4.78 is 0. The van der Waals surface area contributed by atoms with Crippen molar-refractivity contribution in [3.63, 3.8) is 0 Å². The van der Waals surface area contributed by atoms with Gasteiger partial charge in [0, 0.05) is 5.69 Å². The third kappa shape index (κ3) is 2.41. The Labute approximate surface area is 142 Å². The van der Waals surface area contributed by atoms with E-state index >= 15 is 0 Å². The number of aryl methyl sites for hydroxylation is 1. The number of hydrogen-bond donors (Lipinski definition) is 0. The van der Waals surface area contributed by atoms with Crippen LogP contribution in [0.2, 0.25) is 0 Å². The van der Waals surface area contributed by atoms with Crippen molar-refractivity contribution in [3.05, 3.63) is 102 Å². The Balaban J connectivity index is 1.78. The minimum absolute atomic E-state index is 0.0444. The average Bonchev–Trinajstić information content (AvgIpc) is 2.62. The fourth-order valence-electron chi connectivity index (χ4n) is 3.46. The van der Waals surface area contributed by atoms with E-state index in [0.29, 0.717) is 0 Å². The first kappa shape index (κ1) is 14.7. The van der Waals surface area contributed by atoms with Crippen molar-refractivity contribution in [1.82, 2.24) is 0 Å². The van der Waals surface area contributed by atoms with Gasteiger partial charge in [0.1, 0.15) is 0 Å². The van der Waals surface area contributed by atoms with E-state index < -0.39 is 0 Å². The van der Waals surface area contributed by atoms with Crippen molar-refractivity contribution in [2.24, 2.45) is 0 Å². The van der Waals surface area contributed by atoms with Crippen LogP contribution in [0.15, 0.2) is 84.9 Å². The predicted molar refractivity (Wildman–Crippen MR) is 97.0 cm³/mol. The van der Waals surface area contributed by atoms with Crippen LogP contribution in [0.3, 0.4) is 0 Å². The van der Waals surface area contributed by atoms with Gasteiger partial charge in [0.25, 0.3) is 0 Å². The van der Waals surface area contributed by atoms with Gasteiger partial charge in [-0.3, -0.25) is 4.79 Å². The van der Waals surface area contributed by atoms with Gasteiger partial charge in [0.15, 0.2) is 0 Å². The molecular formula is C22H19NO. The number of para-hydroxylation sites is 1. The van der Waals surface area contributed by atoms with Crippen LogP contribution >= 0.6 is 0 Å². The van der Waals surface area contributed by atoms with Gasteiger partial charge in [-0.15, -0.1) is 0 Å². The number of carbonyl (C=O) groups is 1. The molecule has 0 spiro atoms. The van der Waals surface area contributed by atoms with Gasteiger partial charge < -0.3 is 4.90 Å². The SMILES string of the molecule is Cc1ccc([C@@H]2[C@@H](c3ccccc3)C(=O)N2c2ccccc2)cc1. The molecule has 2 heteroatoms. The van der Waals surface area contributed by atoms with Crippen LogP contribution in [-0.4, -0.2) is 5.91 Å². The van der Waals surface area contributed by atoms with Crippen LogP contribution in [0.25, 0.3) is 0 Å². The highest BCUT2D eigenvalue weighted by Gasteiger charge is 2.49. The van der Waals surface area contributed by atoms with Crippen LogP contribution in [0.5, 0.6) is 0 Å². The Bertz CT molecular complexity index is 791. The molecule has 0 saturated carbocycles. The maximum Gasteiger partial charge on any atom is 0.237 e. The number of hydrogen-bond acceptors (Lipinski definition) is 1. The zero-order chi connectivity index (χ0) is 16.5. The minimum Gasteiger partial charge on any atom is -0.303 e. The van der Waals surface area contributed by atoms with E-state index in [9.17, 15) is 4.79 Å². The number of anilines is 1. The smallest absolute Gasteiger partial charge is 0.237 e. The molecule has 2 nitrogen and oxygen atoms in total. The highest BCUT2D eigenvalue weighted by atomic mass is 16.2. The van der Waals surface area contributed by atoms with E-state index in [-0.39, 0.29) is 17.9 Å². The second kappa shape index (κ2) is 5.97. The van der Waals surface area contributed by atoms with Crippen molar-refractivity contribution >= 4 is 11.6 Å². The number of rotatable bonds is 3. The standard InChI is InChI=1S/C22H19NO/c1-16-12-14-18(15-13-16)21-20(17-8-4-2-5-9-17)22(24)23(21)19-10-6-3-7-11-19/h2-15,20-21H,1H3/t20-,21-/m1/s1. The molecule has 118 valence electrons. The molecule has 1 aliphatic rings. The number of benzene rings is 3. The Kier molecular flexibility index (Phi) is 3.66. The van der Waals surface area contributed by atoms with Crippen LogP contribution in [-0.2, 0) is 4.79 Å². The average molecular weight is 313 g/mol. The molecule has 0 radical (unpaired) electrons. The largest absolute Gasteiger partial charge is 0.303 e. The van der Waals surface area contributed by atoms with Gasteiger partial charge in [-0.25, -0.2) is 0 Å². The van der Waals surface area contributed by atoms with E-state index in [2.05, 4.69) is 31.2 Å². The fourth-order valence-corrected chi connectivity index (χ4v) is 3.46. The molecule has 0 N–H and O–H groups in total. The zero-order valence-corrected chi connectivity index (χ0v) is 13.6. The maximum atomic E-state index is 12.9. The molecule has 0 bridgehead atoms. The first-order valence-electron chi connectivity index (χ1n) is 8.25. The summed E-state index contributed by atoms with van der Waals surface area (Å²) >= 11 is 0. The van der Waals surface area contributed by atoms with Gasteiger partial charge in [-0.2, -0.15) is 0 Å². The highest BCUT2D eigenvalue weighted by Crippen LogP contribution is 2.48. The summed E-state index contributed by atoms with van der Waals surface area (Å²) in [5, 5.41) is 0. The lowest BCUT2D eigenvalue weighted by atomic mass is 9.77. The van der Waals surface area contributed by atoms with Gasteiger partial charge in [0.2, 0.25) is 5.91 Å². The van der Waals surface area contributed by atoms with E-state index in [1.54, 1.807) is 0 Å². The molecule has 3 aromatic carbocycles. The minimum atomic E-state index is -0.117. The van der Waals surface area contributed by atoms with E-state index in [0.717, 1.165) is 11.3 Å². The van der Waals surface area contributed by atoms with Crippen molar-refractivity contribution in [2.75, 3.05) is 4.90 Å². The van der Waals surface area contributed by atoms with Crippen LogP contribution in [0.4, 0.5) is 5.69 Å². The topological polar surface area (TPSA) is 20.3 Å². The molecule has 24 heavy (non-hydrogen) atoms. The summed E-state index contributed by atoms with van der Waals surface area (Å²) in [6.45, 7) is 2.08. The van der Waals surface area contributed by atoms with Crippen molar-refractivity contribution < 1.29 is 4.79 Å². The number of amides is 1. The Morgan fingerprint density at radius 3 is 1.92 bits per heavy atom. The van der Waals surface area contributed by atoms with Gasteiger partial charge in [-0.05, 0) is 30.2 Å². The highest BCUT2D eigenvalue weighted by molar-refractivity contribution is 6.06. The Morgan fingerprint density at radius 1 is 0.708 bits per heavy atom. The van der Waals surface area contributed by atoms with E-state index in [1.807, 2.05) is 65.6 Å². The molecule has 1 fully saturated rings. The number of carbonyl (C=O) groups excluding carboxylic acids is 1. The second-order valence-electron chi connectivity index (χ2n) is 6.29. The summed E-state index contributed by atoms with van der Waals surface area (Å²) in [5.41, 5.74) is 4.45. The monoisotopic (exact) mass is 313 g/mol. The lowest BCUT2D eigenvalue weighted by molar-refractivity contribution is -0.126. The normalized spacial score (nSPS) is 19.9. The van der Waals surface area contributed by atoms with Crippen LogP contribution in [0.1, 0.15) is 28.7 Å². The molecule has 0 unspecified atom stereocenters. The molecule has 3 aromatic rings. The molecule has 1 heterocycles. The maximum absolute atomic E-state index is 12.9. The van der Waals surface area contributed by atoms with Crippen molar-refractivity contribution in [2.45, 2.75) is 18.9 Å². The fraction of sp³-hybridized carbons (Fsp3) is 0.136. The molecular weight excluding hydrogens is 294 g/mol. The summed E-state index contributed by atoms with van der Waals surface area (Å²) in [6, 6.07) is 28.6. The molecule has 0 aliphatic carbocycles. The molecule has 4 rings (SSSR count). The molecule has 1 aliphatic heterocycles. The zero-order valence-electron chi connectivity index (χ0n) is 13.6. The summed E-state index contributed by atoms with van der Waals surface area (Å²) in [4.78, 5) is 14.9. The van der Waals surface area contributed by atoms with E-state index in [1.165, 1.54) is 11.1 Å². The number of nitrogens with zero attached hydrogens (tertiary/aromatic N) is 1. The first-order valence-corrected chi connectivity index (χ1v) is 8.25. The Hall–Kier alpha value is -2.87. The summed E-state index contributed by atoms with van der Waals surface area (Å²) in [5.74, 6) is 0.0482. The number of β-lactam (4-membered cyclic amide) rings is 1. The quantitative estimate of drug-likeness (QED) is 0.632. The summed E-state index contributed by atoms with van der Waals surface area (Å²) in [7, 11) is 0. The van der Waals surface area contributed by atoms with E-state index in [4.69, 9.17) is 0 Å².